The second-order valence-corrected chi connectivity index (χ2v) is 7.32. The first-order valence-corrected chi connectivity index (χ1v) is 8.19. The van der Waals surface area contributed by atoms with Gasteiger partial charge >= 0.3 is 6.09 Å². The molecule has 2 atom stereocenters. The van der Waals surface area contributed by atoms with Gasteiger partial charge in [0.25, 0.3) is 0 Å². The van der Waals surface area contributed by atoms with Gasteiger partial charge in [-0.2, -0.15) is 0 Å². The van der Waals surface area contributed by atoms with Crippen molar-refractivity contribution in [1.82, 2.24) is 10.2 Å². The highest BCUT2D eigenvalue weighted by Crippen LogP contribution is 2.18. The van der Waals surface area contributed by atoms with Gasteiger partial charge in [-0.25, -0.2) is 4.79 Å². The molecule has 1 heterocycles. The lowest BCUT2D eigenvalue weighted by atomic mass is 10.1. The fourth-order valence-electron chi connectivity index (χ4n) is 2.73. The molecule has 0 aliphatic carbocycles. The highest BCUT2D eigenvalue weighted by atomic mass is 16.6. The van der Waals surface area contributed by atoms with Crippen molar-refractivity contribution in [2.75, 3.05) is 19.6 Å². The van der Waals surface area contributed by atoms with Crippen LogP contribution in [-0.2, 0) is 4.74 Å². The molecule has 0 radical (unpaired) electrons. The minimum Gasteiger partial charge on any atom is -0.444 e. The van der Waals surface area contributed by atoms with Crippen LogP contribution in [0.5, 0.6) is 0 Å². The molecular formula is C18H28N2O3. The van der Waals surface area contributed by atoms with E-state index in [-0.39, 0.29) is 12.1 Å². The van der Waals surface area contributed by atoms with Crippen LogP contribution in [0.3, 0.4) is 0 Å². The molecule has 0 aromatic heterocycles. The third-order valence-corrected chi connectivity index (χ3v) is 3.89. The van der Waals surface area contributed by atoms with Crippen molar-refractivity contribution in [2.45, 2.75) is 51.9 Å². The van der Waals surface area contributed by atoms with E-state index in [9.17, 15) is 9.90 Å². The molecule has 128 valence electrons. The molecule has 23 heavy (non-hydrogen) atoms. The molecule has 5 nitrogen and oxygen atoms in total. The van der Waals surface area contributed by atoms with Crippen molar-refractivity contribution in [1.29, 1.82) is 0 Å². The van der Waals surface area contributed by atoms with Gasteiger partial charge in [0, 0.05) is 25.7 Å². The zero-order valence-electron chi connectivity index (χ0n) is 14.5. The van der Waals surface area contributed by atoms with Gasteiger partial charge in [-0.3, -0.25) is 4.90 Å². The Morgan fingerprint density at radius 2 is 2.04 bits per heavy atom. The number of hydrogen-bond donors (Lipinski definition) is 2. The zero-order chi connectivity index (χ0) is 17.0. The minimum atomic E-state index is -0.504. The summed E-state index contributed by atoms with van der Waals surface area (Å²) in [5.41, 5.74) is 1.63. The Kier molecular flexibility index (Phi) is 5.65. The van der Waals surface area contributed by atoms with Crippen LogP contribution >= 0.6 is 0 Å². The van der Waals surface area contributed by atoms with Gasteiger partial charge in [-0.15, -0.1) is 0 Å². The standard InChI is InChI=1S/C18H28N2O3/c1-13-5-7-14(8-6-13)16(21)12-20-10-9-15(11-20)19-17(22)23-18(2,3)4/h5-8,15-16,21H,9-12H2,1-4H3,(H,19,22). The van der Waals surface area contributed by atoms with Crippen LogP contribution in [-0.4, -0.2) is 47.4 Å². The van der Waals surface area contributed by atoms with Crippen LogP contribution in [0.1, 0.15) is 44.4 Å². The number of carbonyl (C=O) groups excluding carboxylic acids is 1. The number of nitrogens with zero attached hydrogens (tertiary/aromatic N) is 1. The zero-order valence-corrected chi connectivity index (χ0v) is 14.5. The first kappa shape index (κ1) is 17.8. The number of likely N-dealkylation sites (tertiary alicyclic amines) is 1. The summed E-state index contributed by atoms with van der Waals surface area (Å²) in [6.07, 6.45) is -0.000777. The van der Waals surface area contributed by atoms with Gasteiger partial charge < -0.3 is 15.2 Å². The Hall–Kier alpha value is -1.59. The number of carbonyl (C=O) groups is 1. The molecule has 1 saturated heterocycles. The topological polar surface area (TPSA) is 61.8 Å². The van der Waals surface area contributed by atoms with Crippen LogP contribution in [0, 0.1) is 6.92 Å². The highest BCUT2D eigenvalue weighted by Gasteiger charge is 2.27. The Balaban J connectivity index is 1.79. The highest BCUT2D eigenvalue weighted by molar-refractivity contribution is 5.68. The molecule has 0 spiro atoms. The lowest BCUT2D eigenvalue weighted by Crippen LogP contribution is -2.40. The summed E-state index contributed by atoms with van der Waals surface area (Å²) in [5.74, 6) is 0. The predicted molar refractivity (Wildman–Crippen MR) is 90.4 cm³/mol. The number of ether oxygens (including phenoxy) is 1. The van der Waals surface area contributed by atoms with Gasteiger partial charge in [0.15, 0.2) is 0 Å². The number of β-amino-alcohol motifs (C(OH)–C–C–N with tert-alkyl or cyclic N) is 1. The number of aliphatic hydroxyl groups excluding tert-OH is 1. The summed E-state index contributed by atoms with van der Waals surface area (Å²) in [7, 11) is 0. The Labute approximate surface area is 138 Å². The van der Waals surface area contributed by atoms with E-state index in [2.05, 4.69) is 10.2 Å². The first-order chi connectivity index (χ1) is 10.7. The van der Waals surface area contributed by atoms with Gasteiger partial charge in [-0.1, -0.05) is 29.8 Å². The minimum absolute atomic E-state index is 0.0788. The van der Waals surface area contributed by atoms with Crippen molar-refractivity contribution >= 4 is 6.09 Å². The van der Waals surface area contributed by atoms with Crippen molar-refractivity contribution in [3.8, 4) is 0 Å². The third-order valence-electron chi connectivity index (χ3n) is 3.89. The number of amides is 1. The molecule has 2 rings (SSSR count). The second kappa shape index (κ2) is 7.32. The fourth-order valence-corrected chi connectivity index (χ4v) is 2.73. The second-order valence-electron chi connectivity index (χ2n) is 7.32. The monoisotopic (exact) mass is 320 g/mol. The number of aryl methyl sites for hydroxylation is 1. The largest absolute Gasteiger partial charge is 0.444 e. The summed E-state index contributed by atoms with van der Waals surface area (Å²) in [6.45, 7) is 9.77. The smallest absolute Gasteiger partial charge is 0.407 e. The number of benzene rings is 1. The molecule has 0 saturated carbocycles. The molecule has 1 aliphatic rings. The van der Waals surface area contributed by atoms with E-state index in [0.29, 0.717) is 6.54 Å². The molecule has 5 heteroatoms. The fraction of sp³-hybridized carbons (Fsp3) is 0.611. The maximum atomic E-state index is 11.8. The Morgan fingerprint density at radius 3 is 2.65 bits per heavy atom. The maximum absolute atomic E-state index is 11.8. The van der Waals surface area contributed by atoms with Crippen LogP contribution in [0.25, 0.3) is 0 Å². The molecule has 1 aromatic rings. The summed E-state index contributed by atoms with van der Waals surface area (Å²) < 4.78 is 5.28. The molecule has 1 aromatic carbocycles. The van der Waals surface area contributed by atoms with Gasteiger partial charge in [0.2, 0.25) is 0 Å². The Morgan fingerprint density at radius 1 is 1.39 bits per heavy atom. The van der Waals surface area contributed by atoms with E-state index in [1.165, 1.54) is 5.56 Å². The van der Waals surface area contributed by atoms with E-state index in [0.717, 1.165) is 25.1 Å². The third kappa shape index (κ3) is 5.84. The number of hydrogen-bond acceptors (Lipinski definition) is 4. The lowest BCUT2D eigenvalue weighted by molar-refractivity contribution is 0.0504. The maximum Gasteiger partial charge on any atom is 0.407 e. The van der Waals surface area contributed by atoms with Crippen LogP contribution in [0.2, 0.25) is 0 Å². The van der Waals surface area contributed by atoms with E-state index in [1.54, 1.807) is 0 Å². The van der Waals surface area contributed by atoms with Crippen molar-refractivity contribution < 1.29 is 14.6 Å². The summed E-state index contributed by atoms with van der Waals surface area (Å²) in [6, 6.07) is 8.03. The van der Waals surface area contributed by atoms with Crippen molar-refractivity contribution in [3.63, 3.8) is 0 Å². The van der Waals surface area contributed by atoms with E-state index >= 15 is 0 Å². The molecule has 1 amide bonds. The number of aliphatic hydroxyl groups is 1. The number of rotatable bonds is 4. The van der Waals surface area contributed by atoms with Gasteiger partial charge in [0.05, 0.1) is 6.10 Å². The normalized spacial score (nSPS) is 20.3. The number of nitrogens with one attached hydrogen (secondary N) is 1. The van der Waals surface area contributed by atoms with Crippen LogP contribution < -0.4 is 5.32 Å². The average molecular weight is 320 g/mol. The van der Waals surface area contributed by atoms with Crippen molar-refractivity contribution in [3.05, 3.63) is 35.4 Å². The van der Waals surface area contributed by atoms with Crippen LogP contribution in [0.4, 0.5) is 4.79 Å². The van der Waals surface area contributed by atoms with E-state index in [1.807, 2.05) is 52.0 Å². The van der Waals surface area contributed by atoms with Crippen molar-refractivity contribution in [2.24, 2.45) is 0 Å². The summed E-state index contributed by atoms with van der Waals surface area (Å²) >= 11 is 0. The molecule has 1 aliphatic heterocycles. The first-order valence-electron chi connectivity index (χ1n) is 8.19. The molecular weight excluding hydrogens is 292 g/mol. The summed E-state index contributed by atoms with van der Waals surface area (Å²) in [5, 5.41) is 13.2. The predicted octanol–water partition coefficient (Wildman–Crippen LogP) is 2.63. The average Bonchev–Trinajstić information content (AvgIpc) is 2.84. The molecule has 2 unspecified atom stereocenters. The molecule has 2 N–H and O–H groups in total. The van der Waals surface area contributed by atoms with E-state index < -0.39 is 11.7 Å². The summed E-state index contributed by atoms with van der Waals surface area (Å²) in [4.78, 5) is 14.0. The SMILES string of the molecule is Cc1ccc(C(O)CN2CCC(NC(=O)OC(C)(C)C)C2)cc1. The molecule has 1 fully saturated rings. The molecule has 0 bridgehead atoms. The van der Waals surface area contributed by atoms with E-state index in [4.69, 9.17) is 4.74 Å². The lowest BCUT2D eigenvalue weighted by Gasteiger charge is -2.23. The van der Waals surface area contributed by atoms with Gasteiger partial charge in [0.1, 0.15) is 5.60 Å². The quantitative estimate of drug-likeness (QED) is 0.895. The van der Waals surface area contributed by atoms with Gasteiger partial charge in [-0.05, 0) is 39.7 Å². The number of alkyl carbamates (subject to hydrolysis) is 1. The Bertz CT molecular complexity index is 522. The van der Waals surface area contributed by atoms with Crippen LogP contribution in [0.15, 0.2) is 24.3 Å².